The van der Waals surface area contributed by atoms with Crippen LogP contribution in [0.5, 0.6) is 0 Å². The van der Waals surface area contributed by atoms with E-state index in [9.17, 15) is 25.2 Å². The average molecular weight is 639 g/mol. The fourth-order valence-electron chi connectivity index (χ4n) is 7.29. The van der Waals surface area contributed by atoms with Gasteiger partial charge in [0.25, 0.3) is 0 Å². The lowest BCUT2D eigenvalue weighted by Gasteiger charge is -2.24. The summed E-state index contributed by atoms with van der Waals surface area (Å²) in [5.74, 6) is -0.295. The minimum absolute atomic E-state index is 0.162. The first-order valence-electron chi connectivity index (χ1n) is 18.7. The summed E-state index contributed by atoms with van der Waals surface area (Å²) < 4.78 is 17.3. The van der Waals surface area contributed by atoms with Gasteiger partial charge in [0.1, 0.15) is 6.10 Å². The summed E-state index contributed by atoms with van der Waals surface area (Å²) in [5, 5.41) is 42.4. The van der Waals surface area contributed by atoms with Gasteiger partial charge in [0.05, 0.1) is 48.8 Å². The Morgan fingerprint density at radius 3 is 1.78 bits per heavy atom. The van der Waals surface area contributed by atoms with Crippen LogP contribution in [0, 0.1) is 0 Å². The van der Waals surface area contributed by atoms with Crippen LogP contribution < -0.4 is 0 Å². The molecule has 0 aromatic heterocycles. The second kappa shape index (κ2) is 21.8. The highest BCUT2D eigenvalue weighted by Gasteiger charge is 2.36. The van der Waals surface area contributed by atoms with Gasteiger partial charge in [-0.3, -0.25) is 0 Å². The predicted molar refractivity (Wildman–Crippen MR) is 177 cm³/mol. The summed E-state index contributed by atoms with van der Waals surface area (Å²) in [6.07, 6.45) is 21.6. The number of carbonyl (C=O) groups excluding carboxylic acids is 1. The zero-order valence-corrected chi connectivity index (χ0v) is 28.5. The lowest BCUT2D eigenvalue weighted by molar-refractivity contribution is -0.139. The van der Waals surface area contributed by atoms with Crippen LogP contribution in [0.1, 0.15) is 162 Å². The Labute approximate surface area is 273 Å². The lowest BCUT2D eigenvalue weighted by atomic mass is 9.98. The Hall–Kier alpha value is -1.03. The van der Waals surface area contributed by atoms with Crippen LogP contribution in [-0.4, -0.2) is 81.3 Å². The second-order valence-electron chi connectivity index (χ2n) is 14.2. The molecule has 0 amide bonds. The summed E-state index contributed by atoms with van der Waals surface area (Å²) >= 11 is 0. The molecule has 8 nitrogen and oxygen atoms in total. The Bertz CT molecular complexity index is 833. The molecule has 0 spiro atoms. The number of rotatable bonds is 25. The molecule has 0 aromatic rings. The SMILES string of the molecule is CCCCCCCCCC[C@H](O)[C@@H]1CC[C@H]([C@@H](O)CC[C@@H](O)[C@H]2CC[C@H](CCCCCCC[C@H](O)CC3=C[C@@H](C)OC3=O)O2)O1. The fourth-order valence-corrected chi connectivity index (χ4v) is 7.29. The van der Waals surface area contributed by atoms with E-state index in [1.165, 1.54) is 38.5 Å². The van der Waals surface area contributed by atoms with E-state index >= 15 is 0 Å². The van der Waals surface area contributed by atoms with E-state index in [0.29, 0.717) is 31.3 Å². The predicted octanol–water partition coefficient (Wildman–Crippen LogP) is 6.83. The van der Waals surface area contributed by atoms with E-state index in [4.69, 9.17) is 14.2 Å². The molecule has 9 atom stereocenters. The van der Waals surface area contributed by atoms with Crippen molar-refractivity contribution in [2.75, 3.05) is 0 Å². The highest BCUT2D eigenvalue weighted by molar-refractivity contribution is 5.90. The van der Waals surface area contributed by atoms with E-state index in [-0.39, 0.29) is 36.5 Å². The molecule has 3 aliphatic rings. The first-order chi connectivity index (χ1) is 21.8. The molecule has 45 heavy (non-hydrogen) atoms. The summed E-state index contributed by atoms with van der Waals surface area (Å²) in [7, 11) is 0. The highest BCUT2D eigenvalue weighted by Crippen LogP contribution is 2.31. The summed E-state index contributed by atoms with van der Waals surface area (Å²) in [4.78, 5) is 11.7. The zero-order chi connectivity index (χ0) is 32.4. The van der Waals surface area contributed by atoms with Gasteiger partial charge in [-0.1, -0.05) is 90.4 Å². The van der Waals surface area contributed by atoms with Crippen molar-refractivity contribution in [2.24, 2.45) is 0 Å². The van der Waals surface area contributed by atoms with Crippen LogP contribution in [0.2, 0.25) is 0 Å². The first-order valence-corrected chi connectivity index (χ1v) is 18.7. The molecule has 0 radical (unpaired) electrons. The van der Waals surface area contributed by atoms with Crippen molar-refractivity contribution >= 4 is 5.97 Å². The van der Waals surface area contributed by atoms with Gasteiger partial charge < -0.3 is 34.6 Å². The summed E-state index contributed by atoms with van der Waals surface area (Å²) in [6.45, 7) is 4.07. The fraction of sp³-hybridized carbons (Fsp3) is 0.919. The van der Waals surface area contributed by atoms with Crippen molar-refractivity contribution < 1.29 is 39.4 Å². The topological polar surface area (TPSA) is 126 Å². The van der Waals surface area contributed by atoms with Gasteiger partial charge in [0.2, 0.25) is 0 Å². The Kier molecular flexibility index (Phi) is 18.6. The third-order valence-electron chi connectivity index (χ3n) is 10.1. The van der Waals surface area contributed by atoms with Crippen LogP contribution in [0.25, 0.3) is 0 Å². The molecular formula is C37H66O8. The van der Waals surface area contributed by atoms with Crippen LogP contribution in [0.4, 0.5) is 0 Å². The average Bonchev–Trinajstić information content (AvgIpc) is 3.77. The molecule has 3 aliphatic heterocycles. The molecule has 4 N–H and O–H groups in total. The molecular weight excluding hydrogens is 572 g/mol. The van der Waals surface area contributed by atoms with Gasteiger partial charge >= 0.3 is 5.97 Å². The van der Waals surface area contributed by atoms with Crippen molar-refractivity contribution in [3.05, 3.63) is 11.6 Å². The Balaban J connectivity index is 1.16. The van der Waals surface area contributed by atoms with Gasteiger partial charge in [0, 0.05) is 12.0 Å². The van der Waals surface area contributed by atoms with Gasteiger partial charge in [0.15, 0.2) is 0 Å². The number of hydrogen-bond donors (Lipinski definition) is 4. The molecule has 0 bridgehead atoms. The molecule has 0 aliphatic carbocycles. The standard InChI is InChI=1S/C37H66O8/c1-3-4-5-6-7-8-12-15-18-31(39)35-23-24-36(45-35)33(41)21-20-32(40)34-22-19-30(44-34)17-14-11-9-10-13-16-29(38)26-28-25-27(2)43-37(28)42/h25,27,29-36,38-41H,3-24,26H2,1-2H3/t27-,29+,30+,31+,32-,33+,34-,35+,36-/m1/s1. The maximum Gasteiger partial charge on any atom is 0.334 e. The van der Waals surface area contributed by atoms with Crippen molar-refractivity contribution in [1.82, 2.24) is 0 Å². The van der Waals surface area contributed by atoms with Gasteiger partial charge in [-0.2, -0.15) is 0 Å². The van der Waals surface area contributed by atoms with E-state index in [2.05, 4.69) is 6.92 Å². The van der Waals surface area contributed by atoms with Crippen molar-refractivity contribution in [1.29, 1.82) is 0 Å². The van der Waals surface area contributed by atoms with Crippen molar-refractivity contribution in [2.45, 2.75) is 216 Å². The second-order valence-corrected chi connectivity index (χ2v) is 14.2. The zero-order valence-electron chi connectivity index (χ0n) is 28.5. The maximum absolute atomic E-state index is 11.7. The normalized spacial score (nSPS) is 27.8. The van der Waals surface area contributed by atoms with Gasteiger partial charge in [-0.15, -0.1) is 0 Å². The molecule has 0 unspecified atom stereocenters. The molecule has 0 aromatic carbocycles. The third kappa shape index (κ3) is 14.7. The minimum Gasteiger partial charge on any atom is -0.455 e. The lowest BCUT2D eigenvalue weighted by Crippen LogP contribution is -2.33. The number of cyclic esters (lactones) is 1. The molecule has 0 saturated carbocycles. The highest BCUT2D eigenvalue weighted by atomic mass is 16.5. The van der Waals surface area contributed by atoms with E-state index in [1.807, 2.05) is 6.92 Å². The van der Waals surface area contributed by atoms with Gasteiger partial charge in [-0.25, -0.2) is 4.79 Å². The van der Waals surface area contributed by atoms with E-state index < -0.39 is 24.4 Å². The minimum atomic E-state index is -0.627. The summed E-state index contributed by atoms with van der Waals surface area (Å²) in [6, 6.07) is 0. The Morgan fingerprint density at radius 2 is 1.18 bits per heavy atom. The molecule has 8 heteroatoms. The number of unbranched alkanes of at least 4 members (excludes halogenated alkanes) is 11. The number of esters is 1. The van der Waals surface area contributed by atoms with Crippen LogP contribution in [0.15, 0.2) is 11.6 Å². The number of carbonyl (C=O) groups is 1. The molecule has 3 rings (SSSR count). The van der Waals surface area contributed by atoms with Crippen LogP contribution in [-0.2, 0) is 19.0 Å². The van der Waals surface area contributed by atoms with Crippen LogP contribution >= 0.6 is 0 Å². The number of aliphatic hydroxyl groups is 4. The van der Waals surface area contributed by atoms with Crippen molar-refractivity contribution in [3.63, 3.8) is 0 Å². The number of ether oxygens (including phenoxy) is 3. The monoisotopic (exact) mass is 638 g/mol. The molecule has 2 saturated heterocycles. The first kappa shape index (κ1) is 38.4. The number of hydrogen-bond acceptors (Lipinski definition) is 8. The molecule has 2 fully saturated rings. The van der Waals surface area contributed by atoms with Crippen LogP contribution in [0.3, 0.4) is 0 Å². The molecule has 3 heterocycles. The van der Waals surface area contributed by atoms with Gasteiger partial charge in [-0.05, 0) is 70.8 Å². The van der Waals surface area contributed by atoms with Crippen molar-refractivity contribution in [3.8, 4) is 0 Å². The third-order valence-corrected chi connectivity index (χ3v) is 10.1. The smallest absolute Gasteiger partial charge is 0.334 e. The number of aliphatic hydroxyl groups excluding tert-OH is 4. The quantitative estimate of drug-likeness (QED) is 0.0634. The maximum atomic E-state index is 11.7. The van der Waals surface area contributed by atoms with E-state index in [0.717, 1.165) is 83.5 Å². The summed E-state index contributed by atoms with van der Waals surface area (Å²) in [5.41, 5.74) is 0.600. The molecule has 262 valence electrons. The van der Waals surface area contributed by atoms with E-state index in [1.54, 1.807) is 6.08 Å². The largest absolute Gasteiger partial charge is 0.455 e. The Morgan fingerprint density at radius 1 is 0.667 bits per heavy atom.